The number of carbonyl (C=O) groups excluding carboxylic acids is 2. The molecule has 1 fully saturated rings. The molecule has 2 amide bonds. The molecule has 1 aliphatic carbocycles. The Morgan fingerprint density at radius 1 is 0.971 bits per heavy atom. The Bertz CT molecular complexity index is 1380. The monoisotopic (exact) mass is 578 g/mol. The van der Waals surface area contributed by atoms with Gasteiger partial charge in [0.1, 0.15) is 9.75 Å². The Balaban J connectivity index is 1.78. The predicted octanol–water partition coefficient (Wildman–Crippen LogP) is 6.58. The number of rotatable bonds is 5. The highest BCUT2D eigenvalue weighted by Crippen LogP contribution is 2.74. The number of hydrogen-bond donors (Lipinski definition) is 3. The van der Waals surface area contributed by atoms with Crippen molar-refractivity contribution < 1.29 is 23.5 Å². The molecule has 2 atom stereocenters. The first-order valence-corrected chi connectivity index (χ1v) is 11.6. The molecule has 2 unspecified atom stereocenters. The number of nitrogens with two attached hydrogens (primary N) is 1. The topological polar surface area (TPSA) is 92.4 Å². The van der Waals surface area contributed by atoms with E-state index in [-0.39, 0.29) is 26.2 Å². The summed E-state index contributed by atoms with van der Waals surface area (Å²) < 4.78 is 25.8. The fourth-order valence-electron chi connectivity index (χ4n) is 4.19. The molecular weight excluding hydrogens is 568 g/mol. The van der Waals surface area contributed by atoms with Crippen LogP contribution >= 0.6 is 58.0 Å². The van der Waals surface area contributed by atoms with Gasteiger partial charge >= 0.3 is 0 Å². The lowest BCUT2D eigenvalue weighted by molar-refractivity contribution is -0.120. The molecule has 0 spiro atoms. The van der Waals surface area contributed by atoms with Crippen molar-refractivity contribution in [2.24, 2.45) is 5.73 Å². The van der Waals surface area contributed by atoms with Crippen LogP contribution in [0.2, 0.25) is 15.1 Å². The second-order valence-electron chi connectivity index (χ2n) is 7.84. The van der Waals surface area contributed by atoms with Crippen LogP contribution in [0, 0.1) is 11.6 Å². The number of phenols is 1. The summed E-state index contributed by atoms with van der Waals surface area (Å²) >= 11 is 31.6. The maximum Gasteiger partial charge on any atom is 0.257 e. The molecule has 4 N–H and O–H groups in total. The highest BCUT2D eigenvalue weighted by molar-refractivity contribution is 6.55. The van der Waals surface area contributed by atoms with Gasteiger partial charge in [0.25, 0.3) is 5.91 Å². The fourth-order valence-corrected chi connectivity index (χ4v) is 6.02. The van der Waals surface area contributed by atoms with Gasteiger partial charge in [-0.25, -0.2) is 8.78 Å². The normalized spacial score (nSPS) is 20.4. The Kier molecular flexibility index (Phi) is 6.62. The van der Waals surface area contributed by atoms with Crippen LogP contribution in [-0.2, 0) is 10.2 Å². The summed E-state index contributed by atoms with van der Waals surface area (Å²) in [5.74, 6) is -6.52. The fraction of sp³-hybridized carbons (Fsp3) is 0.130. The number of hydrogen-bond acceptors (Lipinski definition) is 3. The van der Waals surface area contributed by atoms with Crippen molar-refractivity contribution in [1.29, 1.82) is 0 Å². The summed E-state index contributed by atoms with van der Waals surface area (Å²) in [7, 11) is 0. The van der Waals surface area contributed by atoms with Gasteiger partial charge in [-0.3, -0.25) is 9.59 Å². The second-order valence-corrected chi connectivity index (χ2v) is 10.5. The van der Waals surface area contributed by atoms with Crippen molar-refractivity contribution in [3.05, 3.63) is 91.9 Å². The van der Waals surface area contributed by atoms with Crippen LogP contribution < -0.4 is 11.1 Å². The first-order chi connectivity index (χ1) is 16.3. The number of primary amides is 1. The average Bonchev–Trinajstić information content (AvgIpc) is 3.31. The SMILES string of the molecule is NC(=O)C1(c2ccc(Cl)c(C(=O)Nc3ccc(F)c(O)c3F)c2)C(c2cc(Cl)cc(Cl)c2)C1(Cl)Cl. The zero-order valence-corrected chi connectivity index (χ0v) is 21.0. The van der Waals surface area contributed by atoms with Gasteiger partial charge in [0.15, 0.2) is 17.4 Å². The average molecular weight is 581 g/mol. The molecule has 1 saturated carbocycles. The smallest absolute Gasteiger partial charge is 0.257 e. The molecule has 5 nitrogen and oxygen atoms in total. The molecule has 0 aromatic heterocycles. The van der Waals surface area contributed by atoms with E-state index in [1.165, 1.54) is 36.4 Å². The molecule has 1 aliphatic rings. The van der Waals surface area contributed by atoms with Crippen LogP contribution in [0.25, 0.3) is 0 Å². The van der Waals surface area contributed by atoms with E-state index in [0.717, 1.165) is 12.1 Å². The van der Waals surface area contributed by atoms with E-state index in [0.29, 0.717) is 5.56 Å². The van der Waals surface area contributed by atoms with Gasteiger partial charge in [-0.05, 0) is 53.6 Å². The van der Waals surface area contributed by atoms with Crippen molar-refractivity contribution >= 4 is 75.5 Å². The second kappa shape index (κ2) is 8.98. The van der Waals surface area contributed by atoms with Gasteiger partial charge in [-0.1, -0.05) is 64.1 Å². The van der Waals surface area contributed by atoms with E-state index in [1.807, 2.05) is 0 Å². The predicted molar refractivity (Wildman–Crippen MR) is 132 cm³/mol. The van der Waals surface area contributed by atoms with Crippen LogP contribution in [0.5, 0.6) is 5.75 Å². The summed E-state index contributed by atoms with van der Waals surface area (Å²) in [6.45, 7) is 0. The zero-order valence-electron chi connectivity index (χ0n) is 17.2. The van der Waals surface area contributed by atoms with Gasteiger partial charge in [0.2, 0.25) is 5.91 Å². The lowest BCUT2D eigenvalue weighted by atomic mass is 9.88. The molecule has 3 aromatic carbocycles. The first kappa shape index (κ1) is 25.8. The van der Waals surface area contributed by atoms with Crippen molar-refractivity contribution in [3.8, 4) is 5.75 Å². The largest absolute Gasteiger partial charge is 0.503 e. The van der Waals surface area contributed by atoms with Crippen LogP contribution in [0.3, 0.4) is 0 Å². The van der Waals surface area contributed by atoms with Crippen LogP contribution in [0.1, 0.15) is 27.4 Å². The molecular formula is C23H13Cl5F2N2O3. The third kappa shape index (κ3) is 4.09. The van der Waals surface area contributed by atoms with Crippen molar-refractivity contribution in [2.45, 2.75) is 15.7 Å². The molecule has 0 saturated heterocycles. The van der Waals surface area contributed by atoms with Gasteiger partial charge in [0, 0.05) is 16.0 Å². The summed E-state index contributed by atoms with van der Waals surface area (Å²) in [5, 5.41) is 12.2. The van der Waals surface area contributed by atoms with Crippen LogP contribution in [0.15, 0.2) is 48.5 Å². The van der Waals surface area contributed by atoms with Crippen LogP contribution in [-0.4, -0.2) is 21.3 Å². The maximum atomic E-state index is 14.2. The van der Waals surface area contributed by atoms with E-state index >= 15 is 0 Å². The Morgan fingerprint density at radius 3 is 2.20 bits per heavy atom. The van der Waals surface area contributed by atoms with Gasteiger partial charge in [0.05, 0.1) is 16.3 Å². The Labute approximate surface area is 222 Å². The highest BCUT2D eigenvalue weighted by Gasteiger charge is 2.80. The number of anilines is 1. The van der Waals surface area contributed by atoms with Gasteiger partial charge in [-0.2, -0.15) is 0 Å². The third-order valence-electron chi connectivity index (χ3n) is 5.83. The van der Waals surface area contributed by atoms with E-state index < -0.39 is 50.6 Å². The standard InChI is InChI=1S/C23H13Cl5F2N2O3/c24-11-5-9(6-12(25)8-11)19-22(21(31)35,23(19,27)28)10-1-2-14(26)13(7-10)20(34)32-16-4-3-15(29)18(33)17(16)30/h1-8,19,33H,(H2,31,35)(H,32,34). The molecule has 0 bridgehead atoms. The van der Waals surface area contributed by atoms with E-state index in [2.05, 4.69) is 5.32 Å². The molecule has 0 aliphatic heterocycles. The Hall–Kier alpha value is -2.29. The van der Waals surface area contributed by atoms with Gasteiger partial charge in [-0.15, -0.1) is 0 Å². The number of aromatic hydroxyl groups is 1. The number of nitrogens with one attached hydrogen (secondary N) is 1. The number of alkyl halides is 2. The lowest BCUT2D eigenvalue weighted by Gasteiger charge is -2.17. The highest BCUT2D eigenvalue weighted by atomic mass is 35.5. The quantitative estimate of drug-likeness (QED) is 0.298. The van der Waals surface area contributed by atoms with E-state index in [9.17, 15) is 23.5 Å². The van der Waals surface area contributed by atoms with E-state index in [4.69, 9.17) is 63.7 Å². The summed E-state index contributed by atoms with van der Waals surface area (Å²) in [5.41, 5.74) is 3.99. The Morgan fingerprint density at radius 2 is 1.60 bits per heavy atom. The lowest BCUT2D eigenvalue weighted by Crippen LogP contribution is -2.34. The number of phenolic OH excluding ortho intramolecular Hbond substituents is 1. The summed E-state index contributed by atoms with van der Waals surface area (Å²) in [6.07, 6.45) is 0. The van der Waals surface area contributed by atoms with Crippen molar-refractivity contribution in [3.63, 3.8) is 0 Å². The molecule has 182 valence electrons. The summed E-state index contributed by atoms with van der Waals surface area (Å²) in [4.78, 5) is 25.7. The van der Waals surface area contributed by atoms with Crippen molar-refractivity contribution in [2.75, 3.05) is 5.32 Å². The molecule has 35 heavy (non-hydrogen) atoms. The number of benzene rings is 3. The minimum atomic E-state index is -1.73. The minimum absolute atomic E-state index is 0.0599. The molecule has 0 heterocycles. The van der Waals surface area contributed by atoms with Gasteiger partial charge < -0.3 is 16.2 Å². The molecule has 3 aromatic rings. The zero-order chi connectivity index (χ0) is 25.9. The number of halogens is 7. The molecule has 0 radical (unpaired) electrons. The molecule has 12 heteroatoms. The van der Waals surface area contributed by atoms with E-state index in [1.54, 1.807) is 0 Å². The summed E-state index contributed by atoms with van der Waals surface area (Å²) in [6, 6.07) is 10.3. The molecule has 4 rings (SSSR count). The van der Waals surface area contributed by atoms with Crippen LogP contribution in [0.4, 0.5) is 14.5 Å². The minimum Gasteiger partial charge on any atom is -0.503 e. The number of carbonyl (C=O) groups is 2. The first-order valence-electron chi connectivity index (χ1n) is 9.74. The third-order valence-corrected chi connectivity index (χ3v) is 7.62. The number of amides is 2. The maximum absolute atomic E-state index is 14.2. The van der Waals surface area contributed by atoms with Crippen molar-refractivity contribution in [1.82, 2.24) is 0 Å².